The molecule has 1 aliphatic heterocycles. The largest absolute Gasteiger partial charge is 0.366 e. The standard InChI is InChI=1S/C16H18N4O2/c1-11(20-9-8-12-4-2-3-5-14(12)20)10-17-16(22)13-6-7-15(21)19-18-13/h2-7,11H,8-10H2,1H3,(H,17,22)(H,19,21)/t11-/m0/s1. The van der Waals surface area contributed by atoms with E-state index in [1.54, 1.807) is 0 Å². The van der Waals surface area contributed by atoms with Crippen molar-refractivity contribution >= 4 is 11.6 Å². The SMILES string of the molecule is C[C@@H](CNC(=O)c1ccc(=O)[nH]n1)N1CCc2ccccc21. The number of nitrogens with one attached hydrogen (secondary N) is 2. The second-order valence-electron chi connectivity index (χ2n) is 5.44. The van der Waals surface area contributed by atoms with E-state index in [1.165, 1.54) is 23.4 Å². The van der Waals surface area contributed by atoms with Crippen LogP contribution in [0.3, 0.4) is 0 Å². The fourth-order valence-corrected chi connectivity index (χ4v) is 2.73. The zero-order valence-electron chi connectivity index (χ0n) is 12.4. The van der Waals surface area contributed by atoms with E-state index in [0.29, 0.717) is 6.54 Å². The van der Waals surface area contributed by atoms with Crippen LogP contribution in [0.2, 0.25) is 0 Å². The predicted molar refractivity (Wildman–Crippen MR) is 84.1 cm³/mol. The second-order valence-corrected chi connectivity index (χ2v) is 5.44. The van der Waals surface area contributed by atoms with E-state index >= 15 is 0 Å². The van der Waals surface area contributed by atoms with E-state index in [4.69, 9.17) is 0 Å². The van der Waals surface area contributed by atoms with Gasteiger partial charge in [-0.1, -0.05) is 18.2 Å². The lowest BCUT2D eigenvalue weighted by Gasteiger charge is -2.27. The second kappa shape index (κ2) is 6.01. The molecule has 3 rings (SSSR count). The van der Waals surface area contributed by atoms with Crippen molar-refractivity contribution in [1.82, 2.24) is 15.5 Å². The Balaban J connectivity index is 1.61. The molecule has 1 amide bonds. The molecular weight excluding hydrogens is 280 g/mol. The van der Waals surface area contributed by atoms with E-state index in [2.05, 4.69) is 45.5 Å². The van der Waals surface area contributed by atoms with E-state index in [-0.39, 0.29) is 23.2 Å². The van der Waals surface area contributed by atoms with Gasteiger partial charge >= 0.3 is 0 Å². The van der Waals surface area contributed by atoms with Gasteiger partial charge < -0.3 is 10.2 Å². The molecule has 22 heavy (non-hydrogen) atoms. The van der Waals surface area contributed by atoms with Crippen LogP contribution in [0.5, 0.6) is 0 Å². The summed E-state index contributed by atoms with van der Waals surface area (Å²) in [5.41, 5.74) is 2.49. The topological polar surface area (TPSA) is 78.1 Å². The van der Waals surface area contributed by atoms with Crippen LogP contribution < -0.4 is 15.8 Å². The number of anilines is 1. The Hall–Kier alpha value is -2.63. The summed E-state index contributed by atoms with van der Waals surface area (Å²) < 4.78 is 0. The maximum absolute atomic E-state index is 12.0. The van der Waals surface area contributed by atoms with Gasteiger partial charge in [0.05, 0.1) is 0 Å². The van der Waals surface area contributed by atoms with Gasteiger partial charge in [0.2, 0.25) is 0 Å². The molecule has 0 saturated carbocycles. The summed E-state index contributed by atoms with van der Waals surface area (Å²) in [6.45, 7) is 3.57. The van der Waals surface area contributed by atoms with Crippen molar-refractivity contribution in [2.24, 2.45) is 0 Å². The van der Waals surface area contributed by atoms with E-state index in [0.717, 1.165) is 13.0 Å². The third kappa shape index (κ3) is 2.86. The average Bonchev–Trinajstić information content (AvgIpc) is 2.97. The maximum atomic E-state index is 12.0. The summed E-state index contributed by atoms with van der Waals surface area (Å²) in [6.07, 6.45) is 1.04. The normalized spacial score (nSPS) is 14.5. The molecule has 0 radical (unpaired) electrons. The number of H-pyrrole nitrogens is 1. The Kier molecular flexibility index (Phi) is 3.91. The third-order valence-corrected chi connectivity index (χ3v) is 3.92. The Labute approximate surface area is 128 Å². The van der Waals surface area contributed by atoms with Crippen molar-refractivity contribution in [2.45, 2.75) is 19.4 Å². The highest BCUT2D eigenvalue weighted by molar-refractivity contribution is 5.92. The summed E-state index contributed by atoms with van der Waals surface area (Å²) in [6, 6.07) is 11.3. The number of nitrogens with zero attached hydrogens (tertiary/aromatic N) is 2. The molecule has 0 spiro atoms. The van der Waals surface area contributed by atoms with Crippen molar-refractivity contribution in [3.8, 4) is 0 Å². The summed E-state index contributed by atoms with van der Waals surface area (Å²) in [4.78, 5) is 25.3. The first-order valence-electron chi connectivity index (χ1n) is 7.33. The molecule has 1 atom stereocenters. The highest BCUT2D eigenvalue weighted by Gasteiger charge is 2.23. The molecule has 0 unspecified atom stereocenters. The summed E-state index contributed by atoms with van der Waals surface area (Å²) in [7, 11) is 0. The minimum Gasteiger partial charge on any atom is -0.366 e. The molecule has 0 aliphatic carbocycles. The molecular formula is C16H18N4O2. The first kappa shape index (κ1) is 14.3. The molecule has 6 nitrogen and oxygen atoms in total. The number of hydrogen-bond acceptors (Lipinski definition) is 4. The van der Waals surface area contributed by atoms with Crippen LogP contribution in [0, 0.1) is 0 Å². The van der Waals surface area contributed by atoms with Crippen LogP contribution in [0.1, 0.15) is 23.0 Å². The number of aromatic amines is 1. The van der Waals surface area contributed by atoms with Crippen LogP contribution in [0.15, 0.2) is 41.2 Å². The molecule has 0 bridgehead atoms. The van der Waals surface area contributed by atoms with Crippen LogP contribution in [0.4, 0.5) is 5.69 Å². The van der Waals surface area contributed by atoms with Crippen LogP contribution in [0.25, 0.3) is 0 Å². The lowest BCUT2D eigenvalue weighted by atomic mass is 10.2. The number of rotatable bonds is 4. The number of para-hydroxylation sites is 1. The Morgan fingerprint density at radius 1 is 1.36 bits per heavy atom. The number of hydrogen-bond donors (Lipinski definition) is 2. The highest BCUT2D eigenvalue weighted by Crippen LogP contribution is 2.28. The molecule has 1 aromatic heterocycles. The zero-order chi connectivity index (χ0) is 15.5. The average molecular weight is 298 g/mol. The molecule has 0 saturated heterocycles. The van der Waals surface area contributed by atoms with Gasteiger partial charge in [-0.15, -0.1) is 0 Å². The molecule has 6 heteroatoms. The quantitative estimate of drug-likeness (QED) is 0.881. The van der Waals surface area contributed by atoms with Crippen LogP contribution in [-0.2, 0) is 6.42 Å². The summed E-state index contributed by atoms with van der Waals surface area (Å²) in [5, 5.41) is 8.85. The first-order valence-corrected chi connectivity index (χ1v) is 7.33. The molecule has 1 aromatic carbocycles. The number of fused-ring (bicyclic) bond motifs is 1. The Morgan fingerprint density at radius 2 is 2.18 bits per heavy atom. The predicted octanol–water partition coefficient (Wildman–Crippen LogP) is 0.951. The number of benzene rings is 1. The zero-order valence-corrected chi connectivity index (χ0v) is 12.4. The highest BCUT2D eigenvalue weighted by atomic mass is 16.2. The van der Waals surface area contributed by atoms with E-state index < -0.39 is 0 Å². The van der Waals surface area contributed by atoms with Crippen molar-refractivity contribution in [2.75, 3.05) is 18.0 Å². The minimum atomic E-state index is -0.321. The molecule has 0 fully saturated rings. The molecule has 2 heterocycles. The fraction of sp³-hybridized carbons (Fsp3) is 0.312. The molecule has 2 aromatic rings. The van der Waals surface area contributed by atoms with E-state index in [1.807, 2.05) is 6.07 Å². The lowest BCUT2D eigenvalue weighted by molar-refractivity contribution is 0.0945. The van der Waals surface area contributed by atoms with Gasteiger partial charge in [0, 0.05) is 30.9 Å². The number of amides is 1. The Morgan fingerprint density at radius 3 is 2.95 bits per heavy atom. The lowest BCUT2D eigenvalue weighted by Crippen LogP contribution is -2.41. The molecule has 2 N–H and O–H groups in total. The maximum Gasteiger partial charge on any atom is 0.271 e. The monoisotopic (exact) mass is 298 g/mol. The summed E-state index contributed by atoms with van der Waals surface area (Å²) >= 11 is 0. The van der Waals surface area contributed by atoms with Crippen molar-refractivity contribution in [1.29, 1.82) is 0 Å². The van der Waals surface area contributed by atoms with Crippen LogP contribution in [-0.4, -0.2) is 35.2 Å². The van der Waals surface area contributed by atoms with Crippen molar-refractivity contribution in [3.05, 3.63) is 58.0 Å². The first-order chi connectivity index (χ1) is 10.6. The molecule has 114 valence electrons. The fourth-order valence-electron chi connectivity index (χ4n) is 2.73. The van der Waals surface area contributed by atoms with Gasteiger partial charge in [-0.3, -0.25) is 9.59 Å². The van der Waals surface area contributed by atoms with Crippen molar-refractivity contribution in [3.63, 3.8) is 0 Å². The smallest absolute Gasteiger partial charge is 0.271 e. The Bertz CT molecular complexity index is 720. The van der Waals surface area contributed by atoms with Crippen molar-refractivity contribution < 1.29 is 4.79 Å². The van der Waals surface area contributed by atoms with Gasteiger partial charge in [0.1, 0.15) is 5.69 Å². The van der Waals surface area contributed by atoms with E-state index in [9.17, 15) is 9.59 Å². The number of aromatic nitrogens is 2. The third-order valence-electron chi connectivity index (χ3n) is 3.92. The van der Waals surface area contributed by atoms with Crippen LogP contribution >= 0.6 is 0 Å². The minimum absolute atomic E-state index is 0.190. The molecule has 1 aliphatic rings. The van der Waals surface area contributed by atoms with Gasteiger partial charge in [-0.05, 0) is 31.0 Å². The number of carbonyl (C=O) groups excluding carboxylic acids is 1. The van der Waals surface area contributed by atoms with Gasteiger partial charge in [-0.25, -0.2) is 5.10 Å². The van der Waals surface area contributed by atoms with Gasteiger partial charge in [-0.2, -0.15) is 5.10 Å². The number of carbonyl (C=O) groups is 1. The van der Waals surface area contributed by atoms with Gasteiger partial charge in [0.25, 0.3) is 11.5 Å². The van der Waals surface area contributed by atoms with Gasteiger partial charge in [0.15, 0.2) is 0 Å². The summed E-state index contributed by atoms with van der Waals surface area (Å²) in [5.74, 6) is -0.282.